The predicted octanol–water partition coefficient (Wildman–Crippen LogP) is -2.66. The van der Waals surface area contributed by atoms with Crippen molar-refractivity contribution < 1.29 is 54.1 Å². The molecule has 0 radical (unpaired) electrons. The first kappa shape index (κ1) is 24.3. The lowest BCUT2D eigenvalue weighted by Crippen LogP contribution is -2.67. The Balaban J connectivity index is 1.89. The zero-order valence-electron chi connectivity index (χ0n) is 16.7. The molecule has 2 unspecified atom stereocenters. The van der Waals surface area contributed by atoms with Gasteiger partial charge in [0.1, 0.15) is 18.3 Å². The highest BCUT2D eigenvalue weighted by Gasteiger charge is 2.57. The van der Waals surface area contributed by atoms with Crippen LogP contribution >= 0.6 is 11.8 Å². The number of aliphatic hydroxyl groups is 4. The van der Waals surface area contributed by atoms with Crippen molar-refractivity contribution in [2.24, 2.45) is 0 Å². The summed E-state index contributed by atoms with van der Waals surface area (Å²) in [4.78, 5) is 34.0. The predicted molar refractivity (Wildman–Crippen MR) is 103 cm³/mol. The molecule has 13 heteroatoms. The van der Waals surface area contributed by atoms with E-state index in [1.54, 1.807) is 0 Å². The smallest absolute Gasteiger partial charge is 0.346 e. The van der Waals surface area contributed by atoms with Gasteiger partial charge in [0, 0.05) is 25.0 Å². The Morgan fingerprint density at radius 2 is 2.06 bits per heavy atom. The highest BCUT2D eigenvalue weighted by Crippen LogP contribution is 2.46. The number of Topliss-reactive ketones (excluding diaryl/α,β-unsaturated/α-hetero) is 1. The minimum Gasteiger partial charge on any atom is -0.478 e. The second kappa shape index (κ2) is 9.67. The van der Waals surface area contributed by atoms with E-state index in [9.17, 15) is 39.9 Å². The van der Waals surface area contributed by atoms with E-state index >= 15 is 0 Å². The first-order valence-electron chi connectivity index (χ1n) is 9.89. The van der Waals surface area contributed by atoms with Crippen LogP contribution in [-0.4, -0.2) is 109 Å². The van der Waals surface area contributed by atoms with Crippen LogP contribution in [0.15, 0.2) is 0 Å². The Morgan fingerprint density at radius 1 is 1.35 bits per heavy atom. The molecule has 3 saturated heterocycles. The molecule has 1 amide bonds. The highest BCUT2D eigenvalue weighted by atomic mass is 32.2. The Kier molecular flexibility index (Phi) is 7.58. The van der Waals surface area contributed by atoms with Crippen molar-refractivity contribution in [1.29, 1.82) is 0 Å². The molecule has 2 bridgehead atoms. The molecule has 31 heavy (non-hydrogen) atoms. The highest BCUT2D eigenvalue weighted by molar-refractivity contribution is 8.01. The number of fused-ring (bicyclic) bond motifs is 2. The molecular weight excluding hydrogens is 438 g/mol. The van der Waals surface area contributed by atoms with E-state index in [0.29, 0.717) is 6.42 Å². The Hall–Kier alpha value is -1.32. The number of ketones is 1. The Labute approximate surface area is 181 Å². The molecule has 3 aliphatic heterocycles. The number of carbonyl (C=O) groups excluding carboxylic acids is 2. The van der Waals surface area contributed by atoms with Crippen LogP contribution in [0.3, 0.4) is 0 Å². The van der Waals surface area contributed by atoms with Crippen molar-refractivity contribution in [2.75, 3.05) is 13.2 Å². The van der Waals surface area contributed by atoms with E-state index in [0.717, 1.165) is 11.8 Å². The molecule has 12 nitrogen and oxygen atoms in total. The van der Waals surface area contributed by atoms with Crippen LogP contribution in [0.4, 0.5) is 0 Å². The van der Waals surface area contributed by atoms with Crippen LogP contribution in [0.25, 0.3) is 0 Å². The third-order valence-corrected chi connectivity index (χ3v) is 7.17. The number of amides is 1. The summed E-state index contributed by atoms with van der Waals surface area (Å²) in [6.07, 6.45) is -8.05. The maximum Gasteiger partial charge on any atom is 0.346 e. The van der Waals surface area contributed by atoms with Gasteiger partial charge in [-0.15, -0.1) is 11.8 Å². The summed E-state index contributed by atoms with van der Waals surface area (Å²) < 4.78 is 16.5. The third kappa shape index (κ3) is 5.03. The lowest BCUT2D eigenvalue weighted by atomic mass is 9.89. The Morgan fingerprint density at radius 3 is 2.68 bits per heavy atom. The lowest BCUT2D eigenvalue weighted by molar-refractivity contribution is -0.223. The second-order valence-electron chi connectivity index (χ2n) is 7.87. The van der Waals surface area contributed by atoms with Crippen molar-refractivity contribution in [2.45, 2.75) is 79.2 Å². The van der Waals surface area contributed by atoms with Gasteiger partial charge in [0.15, 0.2) is 5.78 Å². The van der Waals surface area contributed by atoms with Gasteiger partial charge in [0.2, 0.25) is 17.1 Å². The maximum atomic E-state index is 12.3. The van der Waals surface area contributed by atoms with Gasteiger partial charge < -0.3 is 45.1 Å². The number of ether oxygens (including phenoxy) is 3. The van der Waals surface area contributed by atoms with Crippen molar-refractivity contribution in [3.8, 4) is 0 Å². The molecule has 6 N–H and O–H groups in total. The number of aliphatic hydroxyl groups excluding tert-OH is 4. The fourth-order valence-corrected chi connectivity index (χ4v) is 5.66. The average Bonchev–Trinajstić information content (AvgIpc) is 2.72. The molecule has 3 aliphatic rings. The van der Waals surface area contributed by atoms with Crippen LogP contribution in [0, 0.1) is 0 Å². The summed E-state index contributed by atoms with van der Waals surface area (Å²) in [6, 6.07) is -1.24. The van der Waals surface area contributed by atoms with E-state index in [1.807, 2.05) is 0 Å². The topological polar surface area (TPSA) is 192 Å². The van der Waals surface area contributed by atoms with Gasteiger partial charge in [0.05, 0.1) is 31.5 Å². The minimum atomic E-state index is -2.10. The van der Waals surface area contributed by atoms with Gasteiger partial charge in [-0.2, -0.15) is 0 Å². The number of hydrogen-bond donors (Lipinski definition) is 6. The van der Waals surface area contributed by atoms with E-state index < -0.39 is 77.9 Å². The van der Waals surface area contributed by atoms with Crippen LogP contribution in [-0.2, 0) is 28.6 Å². The number of carboxylic acids is 1. The monoisotopic (exact) mass is 465 g/mol. The second-order valence-corrected chi connectivity index (χ2v) is 9.37. The first-order valence-corrected chi connectivity index (χ1v) is 10.8. The quantitative estimate of drug-likeness (QED) is 0.229. The van der Waals surface area contributed by atoms with Gasteiger partial charge >= 0.3 is 5.97 Å². The van der Waals surface area contributed by atoms with Gasteiger partial charge in [-0.1, -0.05) is 0 Å². The average molecular weight is 465 g/mol. The number of carboxylic acid groups (broad SMARTS) is 1. The molecule has 0 spiro atoms. The number of thioether (sulfide) groups is 1. The van der Waals surface area contributed by atoms with E-state index in [2.05, 4.69) is 5.32 Å². The van der Waals surface area contributed by atoms with E-state index in [-0.39, 0.29) is 18.8 Å². The Bertz CT molecular complexity index is 708. The normalized spacial score (nSPS) is 40.1. The zero-order chi connectivity index (χ0) is 22.9. The van der Waals surface area contributed by atoms with Gasteiger partial charge in [0.25, 0.3) is 0 Å². The summed E-state index contributed by atoms with van der Waals surface area (Å²) in [6.45, 7) is 0.584. The molecular formula is C18H27NO11S. The minimum absolute atomic E-state index is 0.0317. The standard InChI is InChI=1S/C18H27NO11S/c1-7(21)19-13-9(23)5-18(17(26)27,30-15(13)14(25)10(24)6-20)31-12-4-8(22)16-28-3-2-11(12)29-16/h9-16,20,23-25H,2-6H2,1H3,(H,19,21)(H,26,27)/t9-,10+,11?,12?,13+,14+,15+,16+,18+/m0/s1. The molecule has 0 aromatic rings. The van der Waals surface area contributed by atoms with Crippen molar-refractivity contribution in [1.82, 2.24) is 5.32 Å². The molecule has 176 valence electrons. The van der Waals surface area contributed by atoms with Crippen LogP contribution in [0.2, 0.25) is 0 Å². The largest absolute Gasteiger partial charge is 0.478 e. The van der Waals surface area contributed by atoms with Gasteiger partial charge in [-0.05, 0) is 6.42 Å². The molecule has 3 heterocycles. The zero-order valence-corrected chi connectivity index (χ0v) is 17.6. The van der Waals surface area contributed by atoms with Crippen LogP contribution in [0.5, 0.6) is 0 Å². The molecule has 0 saturated carbocycles. The lowest BCUT2D eigenvalue weighted by Gasteiger charge is -2.49. The molecule has 0 aromatic heterocycles. The summed E-state index contributed by atoms with van der Waals surface area (Å²) in [5.41, 5.74) is 0. The summed E-state index contributed by atoms with van der Waals surface area (Å²) in [5.74, 6) is -2.37. The third-order valence-electron chi connectivity index (χ3n) is 5.58. The number of aliphatic carboxylic acids is 1. The van der Waals surface area contributed by atoms with Crippen molar-refractivity contribution >= 4 is 29.4 Å². The SMILES string of the molecule is CC(=O)N[C@H]1[C@H]([C@H](O)[C@H](O)CO)O[C@](SC2CC(=O)[C@@H]3OCCC2O3)(C(=O)O)C[C@@H]1O. The van der Waals surface area contributed by atoms with E-state index in [1.165, 1.54) is 6.92 Å². The van der Waals surface area contributed by atoms with Crippen molar-refractivity contribution in [3.63, 3.8) is 0 Å². The fourth-order valence-electron chi connectivity index (χ4n) is 4.04. The molecule has 9 atom stereocenters. The summed E-state index contributed by atoms with van der Waals surface area (Å²) in [5, 5.41) is 52.0. The van der Waals surface area contributed by atoms with Crippen LogP contribution in [0.1, 0.15) is 26.2 Å². The first-order chi connectivity index (χ1) is 14.6. The van der Waals surface area contributed by atoms with Gasteiger partial charge in [-0.25, -0.2) is 4.79 Å². The molecule has 0 aromatic carbocycles. The molecule has 0 aliphatic carbocycles. The van der Waals surface area contributed by atoms with Crippen molar-refractivity contribution in [3.05, 3.63) is 0 Å². The summed E-state index contributed by atoms with van der Waals surface area (Å²) >= 11 is 0.783. The summed E-state index contributed by atoms with van der Waals surface area (Å²) in [7, 11) is 0. The number of hydrogen-bond acceptors (Lipinski definition) is 11. The fraction of sp³-hybridized carbons (Fsp3) is 0.833. The number of nitrogens with one attached hydrogen (secondary N) is 1. The maximum absolute atomic E-state index is 12.3. The van der Waals surface area contributed by atoms with E-state index in [4.69, 9.17) is 14.2 Å². The van der Waals surface area contributed by atoms with Crippen LogP contribution < -0.4 is 5.32 Å². The number of rotatable bonds is 7. The van der Waals surface area contributed by atoms with Gasteiger partial charge in [-0.3, -0.25) is 9.59 Å². The molecule has 3 fully saturated rings. The molecule has 3 rings (SSSR count). The number of carbonyl (C=O) groups is 3.